The van der Waals surface area contributed by atoms with Crippen LogP contribution in [0.15, 0.2) is 0 Å². The van der Waals surface area contributed by atoms with Crippen molar-refractivity contribution in [2.75, 3.05) is 0 Å². The zero-order valence-corrected chi connectivity index (χ0v) is 5.59. The van der Waals surface area contributed by atoms with Crippen LogP contribution in [0.5, 0.6) is 0 Å². The van der Waals surface area contributed by atoms with E-state index in [2.05, 4.69) is 6.65 Å². The van der Waals surface area contributed by atoms with Gasteiger partial charge in [0.2, 0.25) is 0 Å². The minimum Gasteiger partial charge on any atom is 0 e. The van der Waals surface area contributed by atoms with E-state index in [9.17, 15) is 0 Å². The van der Waals surface area contributed by atoms with Crippen molar-refractivity contribution in [3.05, 3.63) is 6.65 Å². The van der Waals surface area contributed by atoms with Crippen molar-refractivity contribution in [1.29, 1.82) is 0 Å². The summed E-state index contributed by atoms with van der Waals surface area (Å²) < 4.78 is 7.50. The summed E-state index contributed by atoms with van der Waals surface area (Å²) in [5, 5.41) is 13.8. The van der Waals surface area contributed by atoms with E-state index in [0.29, 0.717) is 0 Å². The van der Waals surface area contributed by atoms with Crippen molar-refractivity contribution in [3.8, 4) is 0 Å². The van der Waals surface area contributed by atoms with Gasteiger partial charge in [-0.05, 0) is 0 Å². The second-order valence-electron chi connectivity index (χ2n) is 0.294. The first-order valence-corrected chi connectivity index (χ1v) is 1.60. The summed E-state index contributed by atoms with van der Waals surface area (Å²) in [4.78, 5) is 33.0. The van der Waals surface area contributed by atoms with Crippen molar-refractivity contribution >= 4 is 19.1 Å². The van der Waals surface area contributed by atoms with E-state index in [1.807, 2.05) is 0 Å². The third-order valence-electron chi connectivity index (χ3n) is 0. The molecular formula is C4H8O8. The van der Waals surface area contributed by atoms with Gasteiger partial charge in [0, 0.05) is 1.43 Å². The van der Waals surface area contributed by atoms with Gasteiger partial charge in [0.05, 0.1) is 0 Å². The second-order valence-corrected chi connectivity index (χ2v) is 0.294. The zero-order chi connectivity index (χ0) is 10.1. The Labute approximate surface area is 67.9 Å². The molecule has 8 nitrogen and oxygen atoms in total. The Morgan fingerprint density at radius 2 is 1.17 bits per heavy atom. The molecule has 8 heteroatoms. The molecule has 0 aromatic carbocycles. The predicted octanol–water partition coefficient (Wildman–Crippen LogP) is -1.80. The SMILES string of the molecule is O.O=C=O.O=CO.O=CO.[C-]#[O+].[HH]. The zero-order valence-electron chi connectivity index (χ0n) is 5.59. The molecule has 0 aromatic rings. The molecule has 0 amide bonds. The van der Waals surface area contributed by atoms with Gasteiger partial charge in [0.1, 0.15) is 0 Å². The first-order valence-electron chi connectivity index (χ1n) is 1.60. The molecule has 0 aromatic heterocycles. The number of carbonyl (C=O) groups is 2. The van der Waals surface area contributed by atoms with E-state index in [-0.39, 0.29) is 26.0 Å². The largest absolute Gasteiger partial charge is 0 e. The van der Waals surface area contributed by atoms with Crippen molar-refractivity contribution in [2.45, 2.75) is 0 Å². The van der Waals surface area contributed by atoms with Crippen molar-refractivity contribution in [1.82, 2.24) is 0 Å². The Bertz CT molecular complexity index is 109. The maximum Gasteiger partial charge on any atom is 0 e. The molecule has 0 radical (unpaired) electrons. The third kappa shape index (κ3) is 101. The molecule has 0 unspecified atom stereocenters. The smallest absolute Gasteiger partial charge is 0 e. The van der Waals surface area contributed by atoms with E-state index in [1.54, 1.807) is 0 Å². The van der Waals surface area contributed by atoms with Crippen LogP contribution in [0.1, 0.15) is 1.43 Å². The number of carboxylic acid groups (broad SMARTS) is 2. The minimum absolute atomic E-state index is 0. The predicted molar refractivity (Wildman–Crippen MR) is 32.0 cm³/mol. The molecule has 0 heterocycles. The molecule has 0 saturated heterocycles. The van der Waals surface area contributed by atoms with Crippen LogP contribution in [0.25, 0.3) is 0 Å². The average Bonchev–Trinajstić information content (AvgIpc) is 1.96. The molecule has 0 aliphatic carbocycles. The number of rotatable bonds is 0. The topological polar surface area (TPSA) is 160 Å². The summed E-state index contributed by atoms with van der Waals surface area (Å²) >= 11 is 0. The van der Waals surface area contributed by atoms with Gasteiger partial charge in [0.15, 0.2) is 0 Å². The van der Waals surface area contributed by atoms with Crippen LogP contribution >= 0.6 is 0 Å². The summed E-state index contributed by atoms with van der Waals surface area (Å²) in [7, 11) is 0. The van der Waals surface area contributed by atoms with E-state index in [1.165, 1.54) is 0 Å². The fraction of sp³-hybridized carbons (Fsp3) is 0. The maximum absolute atomic E-state index is 8.36. The molecule has 12 heavy (non-hydrogen) atoms. The molecule has 0 aliphatic rings. The Morgan fingerprint density at radius 3 is 1.17 bits per heavy atom. The Hall–Kier alpha value is -1.98. The molecule has 0 atom stereocenters. The van der Waals surface area contributed by atoms with Gasteiger partial charge in [-0.25, -0.2) is 0 Å². The second kappa shape index (κ2) is 558. The molecule has 0 saturated carbocycles. The molecular weight excluding hydrogens is 176 g/mol. The molecule has 0 spiro atoms. The first kappa shape index (κ1) is 32.3. The van der Waals surface area contributed by atoms with Gasteiger partial charge in [-0.15, -0.1) is 0 Å². The van der Waals surface area contributed by atoms with E-state index < -0.39 is 0 Å². The van der Waals surface area contributed by atoms with Crippen LogP contribution in [0.3, 0.4) is 0 Å². The molecule has 72 valence electrons. The fourth-order valence-electron chi connectivity index (χ4n) is 0. The molecule has 0 aliphatic heterocycles. The van der Waals surface area contributed by atoms with E-state index >= 15 is 0 Å². The van der Waals surface area contributed by atoms with Crippen LogP contribution in [0, 0.1) is 6.65 Å². The number of hydrogen-bond acceptors (Lipinski definition) is 4. The maximum atomic E-state index is 8.36. The van der Waals surface area contributed by atoms with E-state index in [4.69, 9.17) is 34.0 Å². The van der Waals surface area contributed by atoms with Gasteiger partial charge >= 0.3 is 17.5 Å². The van der Waals surface area contributed by atoms with Crippen LogP contribution < -0.4 is 0 Å². The summed E-state index contributed by atoms with van der Waals surface area (Å²) in [6, 6.07) is 0. The van der Waals surface area contributed by atoms with Crippen LogP contribution in [0.4, 0.5) is 0 Å². The molecule has 4 N–H and O–H groups in total. The van der Waals surface area contributed by atoms with Gasteiger partial charge in [0.25, 0.3) is 12.9 Å². The van der Waals surface area contributed by atoms with Crippen molar-refractivity contribution < 1.29 is 40.9 Å². The van der Waals surface area contributed by atoms with Crippen LogP contribution in [-0.2, 0) is 23.8 Å². The molecule has 0 rings (SSSR count). The van der Waals surface area contributed by atoms with Crippen LogP contribution in [0.2, 0.25) is 0 Å². The number of carbonyl (C=O) groups excluding carboxylic acids is 2. The van der Waals surface area contributed by atoms with Gasteiger partial charge < -0.3 is 15.7 Å². The van der Waals surface area contributed by atoms with Crippen molar-refractivity contribution in [2.24, 2.45) is 0 Å². The molecule has 0 fully saturated rings. The monoisotopic (exact) mass is 184 g/mol. The summed E-state index contributed by atoms with van der Waals surface area (Å²) in [5.41, 5.74) is 0. The molecule has 0 bridgehead atoms. The Kier molecular flexibility index (Phi) is 1500. The quantitative estimate of drug-likeness (QED) is 0.256. The fourth-order valence-corrected chi connectivity index (χ4v) is 0. The van der Waals surface area contributed by atoms with Crippen LogP contribution in [-0.4, -0.2) is 34.8 Å². The Balaban J connectivity index is -0.0000000121. The average molecular weight is 184 g/mol. The summed E-state index contributed by atoms with van der Waals surface area (Å²) in [6.45, 7) is 4.00. The summed E-state index contributed by atoms with van der Waals surface area (Å²) in [5.74, 6) is 0. The normalized spacial score (nSPS) is 2.83. The summed E-state index contributed by atoms with van der Waals surface area (Å²) in [6.07, 6.45) is 0.250. The van der Waals surface area contributed by atoms with Gasteiger partial charge in [-0.1, -0.05) is 0 Å². The third-order valence-corrected chi connectivity index (χ3v) is 0. The van der Waals surface area contributed by atoms with Gasteiger partial charge in [-0.2, -0.15) is 9.59 Å². The van der Waals surface area contributed by atoms with Gasteiger partial charge in [-0.3, -0.25) is 9.59 Å². The number of hydrogen-bond donors (Lipinski definition) is 2. The Morgan fingerprint density at radius 1 is 1.17 bits per heavy atom. The van der Waals surface area contributed by atoms with Crippen molar-refractivity contribution in [3.63, 3.8) is 0 Å². The van der Waals surface area contributed by atoms with E-state index in [0.717, 1.165) is 0 Å². The first-order chi connectivity index (χ1) is 5.24. The minimum atomic E-state index is -0.250. The standard InChI is InChI=1S/2CH2O2.CO2.CO.H2O.H2/c3*2-1-3;1-2;;/h2*1H,(H,2,3);;;1H2;1H.